The zero-order valence-electron chi connectivity index (χ0n) is 9.56. The van der Waals surface area contributed by atoms with Gasteiger partial charge in [-0.1, -0.05) is 33.1 Å². The second kappa shape index (κ2) is 6.68. The van der Waals surface area contributed by atoms with Gasteiger partial charge < -0.3 is 5.32 Å². The molecule has 0 radical (unpaired) electrons. The molecule has 1 N–H and O–H groups in total. The molecule has 1 fully saturated rings. The summed E-state index contributed by atoms with van der Waals surface area (Å²) in [4.78, 5) is 0. The second-order valence-electron chi connectivity index (χ2n) is 4.54. The fourth-order valence-corrected chi connectivity index (χ4v) is 2.76. The number of hydrogen-bond acceptors (Lipinski definition) is 1. The van der Waals surface area contributed by atoms with Crippen LogP contribution in [0, 0.1) is 11.8 Å². The standard InChI is InChI=1S/C12H24ClN/c1-3-10(4-2)9-14-12-7-5-6-11(12)8-13/h10-12,14H,3-9H2,1-2H3. The van der Waals surface area contributed by atoms with E-state index in [1.165, 1.54) is 38.6 Å². The highest BCUT2D eigenvalue weighted by atomic mass is 35.5. The van der Waals surface area contributed by atoms with Gasteiger partial charge in [0.25, 0.3) is 0 Å². The van der Waals surface area contributed by atoms with Crippen LogP contribution in [-0.2, 0) is 0 Å². The van der Waals surface area contributed by atoms with Gasteiger partial charge in [0.15, 0.2) is 0 Å². The molecule has 84 valence electrons. The molecule has 1 saturated carbocycles. The van der Waals surface area contributed by atoms with Crippen LogP contribution in [0.2, 0.25) is 0 Å². The maximum Gasteiger partial charge on any atom is 0.0266 e. The van der Waals surface area contributed by atoms with Crippen molar-refractivity contribution in [3.8, 4) is 0 Å². The SMILES string of the molecule is CCC(CC)CNC1CCCC1CCl. The predicted octanol–water partition coefficient (Wildman–Crippen LogP) is 3.42. The number of halogens is 1. The van der Waals surface area contributed by atoms with E-state index in [4.69, 9.17) is 11.6 Å². The van der Waals surface area contributed by atoms with E-state index in [2.05, 4.69) is 19.2 Å². The van der Waals surface area contributed by atoms with Crippen molar-refractivity contribution in [3.05, 3.63) is 0 Å². The Kier molecular flexibility index (Phi) is 5.88. The molecule has 0 aromatic rings. The van der Waals surface area contributed by atoms with E-state index in [-0.39, 0.29) is 0 Å². The molecule has 0 aromatic heterocycles. The van der Waals surface area contributed by atoms with Crippen LogP contribution in [-0.4, -0.2) is 18.5 Å². The fourth-order valence-electron chi connectivity index (χ4n) is 2.39. The average molecular weight is 218 g/mol. The minimum Gasteiger partial charge on any atom is -0.313 e. The Morgan fingerprint density at radius 3 is 2.57 bits per heavy atom. The first-order chi connectivity index (χ1) is 6.81. The summed E-state index contributed by atoms with van der Waals surface area (Å²) in [7, 11) is 0. The van der Waals surface area contributed by atoms with Crippen molar-refractivity contribution >= 4 is 11.6 Å². The van der Waals surface area contributed by atoms with Crippen LogP contribution in [0.25, 0.3) is 0 Å². The number of hydrogen-bond donors (Lipinski definition) is 1. The van der Waals surface area contributed by atoms with Gasteiger partial charge in [-0.15, -0.1) is 11.6 Å². The third-order valence-electron chi connectivity index (χ3n) is 3.68. The Bertz CT molecular complexity index is 145. The summed E-state index contributed by atoms with van der Waals surface area (Å²) in [5.74, 6) is 2.42. The largest absolute Gasteiger partial charge is 0.313 e. The fraction of sp³-hybridized carbons (Fsp3) is 1.00. The Morgan fingerprint density at radius 2 is 2.00 bits per heavy atom. The maximum atomic E-state index is 5.95. The zero-order valence-corrected chi connectivity index (χ0v) is 10.3. The molecule has 14 heavy (non-hydrogen) atoms. The quantitative estimate of drug-likeness (QED) is 0.673. The van der Waals surface area contributed by atoms with Crippen LogP contribution < -0.4 is 5.32 Å². The minimum absolute atomic E-state index is 0.702. The van der Waals surface area contributed by atoms with Gasteiger partial charge in [-0.05, 0) is 31.2 Å². The monoisotopic (exact) mass is 217 g/mol. The van der Waals surface area contributed by atoms with Crippen LogP contribution >= 0.6 is 11.6 Å². The molecule has 0 bridgehead atoms. The van der Waals surface area contributed by atoms with E-state index in [0.29, 0.717) is 6.04 Å². The van der Waals surface area contributed by atoms with E-state index in [1.54, 1.807) is 0 Å². The van der Waals surface area contributed by atoms with Gasteiger partial charge in [-0.3, -0.25) is 0 Å². The molecule has 2 atom stereocenters. The molecule has 0 saturated heterocycles. The predicted molar refractivity (Wildman–Crippen MR) is 63.9 cm³/mol. The van der Waals surface area contributed by atoms with Crippen LogP contribution in [0.15, 0.2) is 0 Å². The molecule has 2 unspecified atom stereocenters. The van der Waals surface area contributed by atoms with Crippen LogP contribution in [0.1, 0.15) is 46.0 Å². The third-order valence-corrected chi connectivity index (χ3v) is 4.08. The van der Waals surface area contributed by atoms with Gasteiger partial charge in [0.1, 0.15) is 0 Å². The summed E-state index contributed by atoms with van der Waals surface area (Å²) in [6.45, 7) is 5.75. The maximum absolute atomic E-state index is 5.95. The molecule has 0 amide bonds. The highest BCUT2D eigenvalue weighted by Gasteiger charge is 2.26. The highest BCUT2D eigenvalue weighted by Crippen LogP contribution is 2.26. The summed E-state index contributed by atoms with van der Waals surface area (Å²) in [6, 6.07) is 0.702. The van der Waals surface area contributed by atoms with Gasteiger partial charge in [0.05, 0.1) is 0 Å². The molecule has 1 rings (SSSR count). The average Bonchev–Trinajstić information content (AvgIpc) is 2.67. The van der Waals surface area contributed by atoms with Crippen LogP contribution in [0.5, 0.6) is 0 Å². The number of alkyl halides is 1. The highest BCUT2D eigenvalue weighted by molar-refractivity contribution is 6.18. The van der Waals surface area contributed by atoms with Crippen molar-refractivity contribution in [1.29, 1.82) is 0 Å². The smallest absolute Gasteiger partial charge is 0.0266 e. The Balaban J connectivity index is 2.22. The van der Waals surface area contributed by atoms with Crippen molar-refractivity contribution in [2.45, 2.75) is 52.0 Å². The zero-order chi connectivity index (χ0) is 10.4. The molecule has 0 aromatic carbocycles. The Labute approximate surface area is 93.6 Å². The van der Waals surface area contributed by atoms with Gasteiger partial charge in [0.2, 0.25) is 0 Å². The summed E-state index contributed by atoms with van der Waals surface area (Å²) in [6.07, 6.45) is 6.60. The van der Waals surface area contributed by atoms with E-state index >= 15 is 0 Å². The molecular formula is C12H24ClN. The van der Waals surface area contributed by atoms with E-state index in [9.17, 15) is 0 Å². The molecule has 0 spiro atoms. The van der Waals surface area contributed by atoms with Crippen LogP contribution in [0.3, 0.4) is 0 Å². The van der Waals surface area contributed by atoms with Crippen molar-refractivity contribution in [1.82, 2.24) is 5.32 Å². The van der Waals surface area contributed by atoms with Gasteiger partial charge in [-0.25, -0.2) is 0 Å². The lowest BCUT2D eigenvalue weighted by Crippen LogP contribution is -2.36. The lowest BCUT2D eigenvalue weighted by Gasteiger charge is -2.22. The molecular weight excluding hydrogens is 194 g/mol. The van der Waals surface area contributed by atoms with Gasteiger partial charge >= 0.3 is 0 Å². The van der Waals surface area contributed by atoms with E-state index in [0.717, 1.165) is 17.7 Å². The summed E-state index contributed by atoms with van der Waals surface area (Å²) in [5.41, 5.74) is 0. The second-order valence-corrected chi connectivity index (χ2v) is 4.85. The number of nitrogens with one attached hydrogen (secondary N) is 1. The Morgan fingerprint density at radius 1 is 1.29 bits per heavy atom. The number of rotatable bonds is 6. The van der Waals surface area contributed by atoms with Crippen molar-refractivity contribution in [3.63, 3.8) is 0 Å². The topological polar surface area (TPSA) is 12.0 Å². The lowest BCUT2D eigenvalue weighted by atomic mass is 10.0. The van der Waals surface area contributed by atoms with E-state index < -0.39 is 0 Å². The molecule has 0 heterocycles. The first-order valence-electron chi connectivity index (χ1n) is 6.11. The molecule has 1 aliphatic carbocycles. The van der Waals surface area contributed by atoms with Gasteiger partial charge in [0, 0.05) is 11.9 Å². The molecule has 0 aliphatic heterocycles. The summed E-state index contributed by atoms with van der Waals surface area (Å²) >= 11 is 5.95. The van der Waals surface area contributed by atoms with Crippen LogP contribution in [0.4, 0.5) is 0 Å². The van der Waals surface area contributed by atoms with E-state index in [1.807, 2.05) is 0 Å². The van der Waals surface area contributed by atoms with Crippen molar-refractivity contribution in [2.24, 2.45) is 11.8 Å². The van der Waals surface area contributed by atoms with Gasteiger partial charge in [-0.2, -0.15) is 0 Å². The summed E-state index contributed by atoms with van der Waals surface area (Å²) in [5, 5.41) is 3.70. The minimum atomic E-state index is 0.702. The summed E-state index contributed by atoms with van der Waals surface area (Å²) < 4.78 is 0. The molecule has 2 heteroatoms. The lowest BCUT2D eigenvalue weighted by molar-refractivity contribution is 0.370. The molecule has 1 aliphatic rings. The molecule has 1 nitrogen and oxygen atoms in total. The third kappa shape index (κ3) is 3.43. The van der Waals surface area contributed by atoms with Crippen molar-refractivity contribution in [2.75, 3.05) is 12.4 Å². The van der Waals surface area contributed by atoms with Crippen molar-refractivity contribution < 1.29 is 0 Å². The normalized spacial score (nSPS) is 27.4. The Hall–Kier alpha value is 0.250. The first kappa shape index (κ1) is 12.3. The first-order valence-corrected chi connectivity index (χ1v) is 6.64.